The molecule has 0 aliphatic carbocycles. The van der Waals surface area contributed by atoms with E-state index in [4.69, 9.17) is 9.98 Å². The number of benzene rings is 8. The van der Waals surface area contributed by atoms with Gasteiger partial charge in [0, 0.05) is 46.4 Å². The van der Waals surface area contributed by atoms with E-state index in [1.165, 1.54) is 45.1 Å². The van der Waals surface area contributed by atoms with Gasteiger partial charge in [-0.2, -0.15) is 0 Å². The Morgan fingerprint density at radius 3 is 0.872 bits per heavy atom. The van der Waals surface area contributed by atoms with Crippen LogP contribution in [0.4, 0.5) is 0 Å². The van der Waals surface area contributed by atoms with Crippen molar-refractivity contribution in [2.24, 2.45) is 9.98 Å². The predicted molar refractivity (Wildman–Crippen MR) is 403 cm³/mol. The minimum absolute atomic E-state index is 0.114. The van der Waals surface area contributed by atoms with Crippen LogP contribution in [-0.4, -0.2) is 114 Å². The summed E-state index contributed by atoms with van der Waals surface area (Å²) in [6.07, 6.45) is 10.3. The summed E-state index contributed by atoms with van der Waals surface area (Å²) < 4.78 is 17.7. The molecule has 94 heavy (non-hydrogen) atoms. The van der Waals surface area contributed by atoms with Crippen molar-refractivity contribution in [3.8, 4) is 0 Å². The van der Waals surface area contributed by atoms with Crippen LogP contribution in [0.1, 0.15) is 177 Å². The summed E-state index contributed by atoms with van der Waals surface area (Å²) in [7, 11) is -7.98. The molecule has 8 aromatic carbocycles. The van der Waals surface area contributed by atoms with Gasteiger partial charge in [-0.15, -0.1) is 0 Å². The van der Waals surface area contributed by atoms with Crippen LogP contribution in [0, 0.1) is 0 Å². The third-order valence-electron chi connectivity index (χ3n) is 20.5. The van der Waals surface area contributed by atoms with Crippen LogP contribution >= 0.6 is 0 Å². The zero-order chi connectivity index (χ0) is 66.8. The molecular formula is C84H104N8Si2. The van der Waals surface area contributed by atoms with Crippen molar-refractivity contribution in [2.45, 2.75) is 181 Å². The molecule has 0 unspecified atom stereocenters. The number of aliphatic imine (C=N–C) groups is 2. The summed E-state index contributed by atoms with van der Waals surface area (Å²) in [5.41, 5.74) is 10.8. The molecule has 0 bridgehead atoms. The fourth-order valence-corrected chi connectivity index (χ4v) is 40.8. The van der Waals surface area contributed by atoms with Crippen LogP contribution in [0.2, 0.25) is 0 Å². The quantitative estimate of drug-likeness (QED) is 0.0372. The molecular weight excluding hydrogens is 1180 g/mol. The van der Waals surface area contributed by atoms with Gasteiger partial charge in [-0.3, -0.25) is 9.98 Å². The number of amidine groups is 4. The summed E-state index contributed by atoms with van der Waals surface area (Å²) in [6.45, 7) is 37.7. The van der Waals surface area contributed by atoms with Crippen molar-refractivity contribution in [3.05, 3.63) is 311 Å². The van der Waals surface area contributed by atoms with E-state index in [1.54, 1.807) is 0 Å². The van der Waals surface area contributed by atoms with Gasteiger partial charge >= 0.3 is 283 Å². The Kier molecular flexibility index (Phi) is 19.1. The topological polar surface area (TPSA) is 43.7 Å². The minimum atomic E-state index is -4.89. The van der Waals surface area contributed by atoms with Crippen LogP contribution in [0.5, 0.6) is 0 Å². The molecule has 0 saturated carbocycles. The Morgan fingerprint density at radius 2 is 0.617 bits per heavy atom. The second kappa shape index (κ2) is 26.7. The normalized spacial score (nSPS) is 21.9. The molecule has 488 valence electrons. The van der Waals surface area contributed by atoms with E-state index >= 15 is 0 Å². The maximum atomic E-state index is 5.53. The summed E-state index contributed by atoms with van der Waals surface area (Å²) in [4.78, 5) is 11.1. The zero-order valence-corrected chi connectivity index (χ0v) is 60.9. The molecule has 12 rings (SSSR count). The van der Waals surface area contributed by atoms with Gasteiger partial charge in [0.2, 0.25) is 0 Å². The maximum Gasteiger partial charge on any atom is 0.290 e. The third kappa shape index (κ3) is 10.1. The first kappa shape index (κ1) is 67.0. The number of hydrogen-bond acceptors (Lipinski definition) is 4. The van der Waals surface area contributed by atoms with Crippen LogP contribution in [0.25, 0.3) is 0 Å². The van der Waals surface area contributed by atoms with Gasteiger partial charge in [-0.05, 0) is 66.5 Å². The van der Waals surface area contributed by atoms with Crippen molar-refractivity contribution < 1.29 is 8.48 Å². The fourth-order valence-electron chi connectivity index (χ4n) is 18.9. The Morgan fingerprint density at radius 1 is 0.351 bits per heavy atom. The second-order valence-corrected chi connectivity index (χ2v) is 39.4. The van der Waals surface area contributed by atoms with Gasteiger partial charge < -0.3 is 9.13 Å². The van der Waals surface area contributed by atoms with E-state index in [1.807, 2.05) is 0 Å². The van der Waals surface area contributed by atoms with Crippen molar-refractivity contribution in [1.82, 2.24) is 18.3 Å². The summed E-state index contributed by atoms with van der Waals surface area (Å²) >= 11 is 0. The second-order valence-electron chi connectivity index (χ2n) is 28.9. The van der Waals surface area contributed by atoms with Gasteiger partial charge in [-0.1, -0.05) is 133 Å². The largest absolute Gasteiger partial charge is 0.362 e. The van der Waals surface area contributed by atoms with E-state index < -0.39 is 15.7 Å². The first-order chi connectivity index (χ1) is 45.3. The van der Waals surface area contributed by atoms with E-state index in [2.05, 4.69) is 404 Å². The van der Waals surface area contributed by atoms with Crippen LogP contribution < -0.4 is 0 Å². The molecule has 0 amide bonds. The number of rotatable bonds is 18. The molecule has 0 N–H and O–H groups in total. The molecule has 4 atom stereocenters. The molecule has 10 heteroatoms. The zero-order valence-electron chi connectivity index (χ0n) is 58.9. The van der Waals surface area contributed by atoms with E-state index in [0.717, 1.165) is 22.8 Å². The Labute approximate surface area is 565 Å². The SMILES string of the molecule is CC(C)N1C(c2ccccc2)=[N+](C(C)C)[Si-2]123([C@@H](c1ccccc1)C=C[C@H]2c1ccccc1)N(C(C)C)C(c1ccccc1)=[N+]3C(C)C.CC(C)N=C(c1ccccc1)N(C(C)C)[Si]1(N(C(=NC(C)C)c2ccccc2)C(C)C)[C@@H](c2ccccc2)C=C[C@H]1c1ccccc1. The molecule has 4 heterocycles. The van der Waals surface area contributed by atoms with Gasteiger partial charge in [0.25, 0.3) is 8.40 Å². The molecule has 0 fully saturated rings. The van der Waals surface area contributed by atoms with Crippen molar-refractivity contribution in [1.29, 1.82) is 0 Å². The molecule has 4 aliphatic heterocycles. The first-order valence-electron chi connectivity index (χ1n) is 35.0. The fraction of sp³-hybridized carbons (Fsp3) is 0.333. The minimum Gasteiger partial charge on any atom is -0.362 e. The standard InChI is InChI=1S/2C42H52N4Si/c1-31(2)43-41(37-25-17-11-18-26-37)44(32(3)4)47(43,45(33(5)6)42(46(47)34(7)8)38-27-19-12-20-28-38)39(35-21-13-9-14-22-35)29-30-40(47)36-23-15-10-16-24-36;1-31(2)43-41(37-25-17-11-18-26-37)45(33(5)6)47(46(34(7)8)42(44-32(3)4)38-27-19-12-20-28-38)39(35-21-13-9-14-22-35)29-30-40(47)36-23-15-10-16-24-36/h2*9-34,39-40H,1-8H3/t39-,40+;39-,40+,47?. The summed E-state index contributed by atoms with van der Waals surface area (Å²) in [5.74, 6) is 4.84. The van der Waals surface area contributed by atoms with Crippen LogP contribution in [0.15, 0.2) is 277 Å². The van der Waals surface area contributed by atoms with E-state index in [9.17, 15) is 0 Å². The Hall–Kier alpha value is -8.45. The van der Waals surface area contributed by atoms with E-state index in [0.29, 0.717) is 0 Å². The smallest absolute Gasteiger partial charge is 0.290 e. The Bertz CT molecular complexity index is 3800. The van der Waals surface area contributed by atoms with Gasteiger partial charge in [0.05, 0.1) is 0 Å². The number of hydrogen-bond donors (Lipinski definition) is 0. The van der Waals surface area contributed by atoms with Gasteiger partial charge in [0.15, 0.2) is 0 Å². The number of allylic oxidation sites excluding steroid dienone is 4. The molecule has 4 aliphatic rings. The van der Waals surface area contributed by atoms with E-state index in [-0.39, 0.29) is 70.5 Å². The average molecular weight is 1280 g/mol. The van der Waals surface area contributed by atoms with Gasteiger partial charge in [0.1, 0.15) is 11.7 Å². The van der Waals surface area contributed by atoms with Crippen molar-refractivity contribution in [3.63, 3.8) is 0 Å². The average Bonchev–Trinajstić information content (AvgIpc) is 0.997. The van der Waals surface area contributed by atoms with Crippen molar-refractivity contribution >= 4 is 39.0 Å². The molecule has 0 radical (unpaired) electrons. The molecule has 8 aromatic rings. The summed E-state index contributed by atoms with van der Waals surface area (Å²) in [6, 6.07) is 90.8. The van der Waals surface area contributed by atoms with Crippen LogP contribution in [0.3, 0.4) is 0 Å². The molecule has 0 aromatic heterocycles. The molecule has 0 saturated heterocycles. The molecule has 8 nitrogen and oxygen atoms in total. The van der Waals surface area contributed by atoms with Crippen molar-refractivity contribution in [2.75, 3.05) is 0 Å². The predicted octanol–water partition coefficient (Wildman–Crippen LogP) is 18.5. The summed E-state index contributed by atoms with van der Waals surface area (Å²) in [5, 5.41) is 0. The van der Waals surface area contributed by atoms with Crippen LogP contribution in [-0.2, 0) is 0 Å². The third-order valence-corrected chi connectivity index (χ3v) is 38.1. The maximum absolute atomic E-state index is 5.53. The molecule has 1 spiro atoms. The monoisotopic (exact) mass is 1280 g/mol. The Balaban J connectivity index is 0.000000192. The number of nitrogens with zero attached hydrogens (tertiary/aromatic N) is 8. The van der Waals surface area contributed by atoms with Gasteiger partial charge in [-0.25, -0.2) is 0 Å². The first-order valence-corrected chi connectivity index (χ1v) is 40.0.